The zero-order valence-corrected chi connectivity index (χ0v) is 14.1. The summed E-state index contributed by atoms with van der Waals surface area (Å²) in [7, 11) is 0. The fraction of sp³-hybridized carbons (Fsp3) is 0.111. The molecule has 2 aromatic rings. The van der Waals surface area contributed by atoms with Crippen molar-refractivity contribution >= 4 is 28.9 Å². The number of fused-ring (bicyclic) bond motifs is 1. The van der Waals surface area contributed by atoms with Crippen LogP contribution >= 0.6 is 11.6 Å². The van der Waals surface area contributed by atoms with E-state index in [2.05, 4.69) is 10.6 Å². The Labute approximate surface area is 149 Å². The first-order valence-electron chi connectivity index (χ1n) is 7.41. The van der Waals surface area contributed by atoms with E-state index in [4.69, 9.17) is 21.1 Å². The van der Waals surface area contributed by atoms with Crippen LogP contribution in [0.25, 0.3) is 0 Å². The molecule has 1 heterocycles. The number of hydrogen-bond acceptors (Lipinski definition) is 5. The fourth-order valence-electron chi connectivity index (χ4n) is 2.16. The summed E-state index contributed by atoms with van der Waals surface area (Å²) >= 11 is 6.03. The third-order valence-electron chi connectivity index (χ3n) is 3.55. The van der Waals surface area contributed by atoms with Crippen molar-refractivity contribution in [2.75, 3.05) is 17.4 Å². The van der Waals surface area contributed by atoms with E-state index in [-0.39, 0.29) is 12.4 Å². The number of carbonyl (C=O) groups is 1. The van der Waals surface area contributed by atoms with Crippen LogP contribution in [0.3, 0.4) is 0 Å². The molecule has 0 atom stereocenters. The third-order valence-corrected chi connectivity index (χ3v) is 3.96. The van der Waals surface area contributed by atoms with Gasteiger partial charge in [-0.15, -0.1) is 0 Å². The van der Waals surface area contributed by atoms with Gasteiger partial charge in [0.15, 0.2) is 11.5 Å². The van der Waals surface area contributed by atoms with Crippen LogP contribution in [0.15, 0.2) is 48.2 Å². The van der Waals surface area contributed by atoms with E-state index < -0.39 is 5.91 Å². The van der Waals surface area contributed by atoms with Crippen LogP contribution < -0.4 is 20.1 Å². The first-order valence-corrected chi connectivity index (χ1v) is 7.78. The van der Waals surface area contributed by atoms with Crippen molar-refractivity contribution in [1.82, 2.24) is 0 Å². The average molecular weight is 356 g/mol. The molecule has 6 nitrogen and oxygen atoms in total. The molecule has 0 saturated carbocycles. The maximum absolute atomic E-state index is 12.2. The molecule has 0 aromatic heterocycles. The molecule has 0 radical (unpaired) electrons. The Hall–Kier alpha value is -3.17. The smallest absolute Gasteiger partial charge is 0.267 e. The predicted octanol–water partition coefficient (Wildman–Crippen LogP) is 3.84. The van der Waals surface area contributed by atoms with Gasteiger partial charge in [0, 0.05) is 28.7 Å². The van der Waals surface area contributed by atoms with Gasteiger partial charge in [-0.3, -0.25) is 4.79 Å². The highest BCUT2D eigenvalue weighted by Crippen LogP contribution is 2.34. The molecule has 1 aliphatic heterocycles. The topological polar surface area (TPSA) is 83.4 Å². The van der Waals surface area contributed by atoms with Crippen LogP contribution in [-0.2, 0) is 4.79 Å². The minimum absolute atomic E-state index is 0.0747. The number of ether oxygens (including phenoxy) is 2. The van der Waals surface area contributed by atoms with Gasteiger partial charge in [-0.05, 0) is 36.8 Å². The highest BCUT2D eigenvalue weighted by atomic mass is 35.5. The Morgan fingerprint density at radius 1 is 1.20 bits per heavy atom. The number of aryl methyl sites for hydroxylation is 1. The van der Waals surface area contributed by atoms with Gasteiger partial charge in [0.25, 0.3) is 5.91 Å². The molecule has 0 spiro atoms. The lowest BCUT2D eigenvalue weighted by Crippen LogP contribution is -2.14. The molecule has 3 rings (SSSR count). The second-order valence-electron chi connectivity index (χ2n) is 5.30. The molecular weight excluding hydrogens is 342 g/mol. The predicted molar refractivity (Wildman–Crippen MR) is 94.7 cm³/mol. The van der Waals surface area contributed by atoms with Crippen LogP contribution in [0.1, 0.15) is 5.56 Å². The van der Waals surface area contributed by atoms with Crippen molar-refractivity contribution in [3.63, 3.8) is 0 Å². The Morgan fingerprint density at radius 2 is 1.96 bits per heavy atom. The SMILES string of the molecule is Cc1ccc(NC(=O)/C(C#N)=C\Nc2ccc3c(c2)OCO3)cc1Cl. The Bertz CT molecular complexity index is 903. The molecule has 0 bridgehead atoms. The van der Waals surface area contributed by atoms with E-state index in [1.807, 2.05) is 13.0 Å². The molecule has 2 aromatic carbocycles. The van der Waals surface area contributed by atoms with Crippen molar-refractivity contribution in [3.05, 3.63) is 58.8 Å². The third kappa shape index (κ3) is 3.84. The molecule has 0 aliphatic carbocycles. The van der Waals surface area contributed by atoms with Crippen LogP contribution in [0.2, 0.25) is 5.02 Å². The number of nitriles is 1. The number of rotatable bonds is 4. The van der Waals surface area contributed by atoms with Crippen LogP contribution in [0.4, 0.5) is 11.4 Å². The zero-order chi connectivity index (χ0) is 17.8. The lowest BCUT2D eigenvalue weighted by Gasteiger charge is -2.07. The molecule has 1 amide bonds. The molecule has 126 valence electrons. The minimum atomic E-state index is -0.532. The lowest BCUT2D eigenvalue weighted by molar-refractivity contribution is -0.112. The van der Waals surface area contributed by atoms with Crippen molar-refractivity contribution in [2.45, 2.75) is 6.92 Å². The van der Waals surface area contributed by atoms with Crippen LogP contribution in [-0.4, -0.2) is 12.7 Å². The number of amides is 1. The summed E-state index contributed by atoms with van der Waals surface area (Å²) in [6.45, 7) is 2.05. The van der Waals surface area contributed by atoms with Gasteiger partial charge in [0.2, 0.25) is 6.79 Å². The summed E-state index contributed by atoms with van der Waals surface area (Å²) in [6.07, 6.45) is 1.34. The van der Waals surface area contributed by atoms with E-state index in [1.165, 1.54) is 6.20 Å². The first kappa shape index (κ1) is 16.7. The van der Waals surface area contributed by atoms with Crippen LogP contribution in [0, 0.1) is 18.3 Å². The number of carbonyl (C=O) groups excluding carboxylic acids is 1. The molecular formula is C18H14ClN3O3. The minimum Gasteiger partial charge on any atom is -0.454 e. The number of anilines is 2. The van der Waals surface area contributed by atoms with Gasteiger partial charge in [0.05, 0.1) is 0 Å². The molecule has 0 unspecified atom stereocenters. The summed E-state index contributed by atoms with van der Waals surface area (Å²) in [4.78, 5) is 12.2. The monoisotopic (exact) mass is 355 g/mol. The van der Waals surface area contributed by atoms with E-state index >= 15 is 0 Å². The second kappa shape index (κ2) is 7.16. The number of halogens is 1. The molecule has 0 fully saturated rings. The number of nitrogens with one attached hydrogen (secondary N) is 2. The fourth-order valence-corrected chi connectivity index (χ4v) is 2.34. The maximum Gasteiger partial charge on any atom is 0.267 e. The van der Waals surface area contributed by atoms with Gasteiger partial charge in [0.1, 0.15) is 11.6 Å². The van der Waals surface area contributed by atoms with Gasteiger partial charge >= 0.3 is 0 Å². The average Bonchev–Trinajstić information content (AvgIpc) is 3.06. The highest BCUT2D eigenvalue weighted by molar-refractivity contribution is 6.31. The van der Waals surface area contributed by atoms with E-state index in [9.17, 15) is 10.1 Å². The van der Waals surface area contributed by atoms with Gasteiger partial charge in [-0.2, -0.15) is 5.26 Å². The van der Waals surface area contributed by atoms with Crippen molar-refractivity contribution < 1.29 is 14.3 Å². The number of nitrogens with zero attached hydrogens (tertiary/aromatic N) is 1. The van der Waals surface area contributed by atoms with E-state index in [0.717, 1.165) is 5.56 Å². The van der Waals surface area contributed by atoms with Gasteiger partial charge in [-0.1, -0.05) is 17.7 Å². The Morgan fingerprint density at radius 3 is 2.72 bits per heavy atom. The van der Waals surface area contributed by atoms with E-state index in [0.29, 0.717) is 27.9 Å². The maximum atomic E-state index is 12.2. The van der Waals surface area contributed by atoms with Crippen molar-refractivity contribution in [1.29, 1.82) is 5.26 Å². The molecule has 2 N–H and O–H groups in total. The molecule has 7 heteroatoms. The Kier molecular flexibility index (Phi) is 4.78. The summed E-state index contributed by atoms with van der Waals surface area (Å²) < 4.78 is 10.5. The van der Waals surface area contributed by atoms with E-state index in [1.54, 1.807) is 36.4 Å². The number of benzene rings is 2. The Balaban J connectivity index is 1.70. The highest BCUT2D eigenvalue weighted by Gasteiger charge is 2.14. The first-order chi connectivity index (χ1) is 12.1. The normalized spacial score (nSPS) is 12.4. The standard InChI is InChI=1S/C18H14ClN3O3/c1-11-2-3-14(6-15(11)19)22-18(23)12(8-20)9-21-13-4-5-16-17(7-13)25-10-24-16/h2-7,9,21H,10H2,1H3,(H,22,23)/b12-9-. The van der Waals surface area contributed by atoms with Crippen molar-refractivity contribution in [2.24, 2.45) is 0 Å². The summed E-state index contributed by atoms with van der Waals surface area (Å²) in [5.41, 5.74) is 2.02. The molecule has 25 heavy (non-hydrogen) atoms. The summed E-state index contributed by atoms with van der Waals surface area (Å²) in [6, 6.07) is 12.3. The van der Waals surface area contributed by atoms with Crippen LogP contribution in [0.5, 0.6) is 11.5 Å². The zero-order valence-electron chi connectivity index (χ0n) is 13.3. The second-order valence-corrected chi connectivity index (χ2v) is 5.71. The number of hydrogen-bond donors (Lipinski definition) is 2. The summed E-state index contributed by atoms with van der Waals surface area (Å²) in [5, 5.41) is 15.3. The lowest BCUT2D eigenvalue weighted by atomic mass is 10.2. The van der Waals surface area contributed by atoms with Gasteiger partial charge < -0.3 is 20.1 Å². The molecule has 0 saturated heterocycles. The quantitative estimate of drug-likeness (QED) is 0.643. The van der Waals surface area contributed by atoms with Gasteiger partial charge in [-0.25, -0.2) is 0 Å². The molecule has 1 aliphatic rings. The van der Waals surface area contributed by atoms with Crippen molar-refractivity contribution in [3.8, 4) is 17.6 Å². The largest absolute Gasteiger partial charge is 0.454 e. The summed E-state index contributed by atoms with van der Waals surface area (Å²) in [5.74, 6) is 0.732.